The van der Waals surface area contributed by atoms with Gasteiger partial charge in [0.2, 0.25) is 11.8 Å². The van der Waals surface area contributed by atoms with Gasteiger partial charge in [0.15, 0.2) is 0 Å². The summed E-state index contributed by atoms with van der Waals surface area (Å²) < 4.78 is 0. The van der Waals surface area contributed by atoms with E-state index in [-0.39, 0.29) is 24.9 Å². The summed E-state index contributed by atoms with van der Waals surface area (Å²) in [5.74, 6) is -1.94. The van der Waals surface area contributed by atoms with Crippen LogP contribution in [0.2, 0.25) is 0 Å². The molecule has 7 heteroatoms. The first-order valence-electron chi connectivity index (χ1n) is 11.0. The quantitative estimate of drug-likeness (QED) is 0.591. The molecule has 7 nitrogen and oxygen atoms in total. The number of amides is 3. The Morgan fingerprint density at radius 2 is 1.16 bits per heavy atom. The second-order valence-electron chi connectivity index (χ2n) is 8.45. The summed E-state index contributed by atoms with van der Waals surface area (Å²) in [6.07, 6.45) is 0.237. The Labute approximate surface area is 188 Å². The Hall–Kier alpha value is -3.35. The van der Waals surface area contributed by atoms with E-state index in [1.54, 1.807) is 0 Å². The van der Waals surface area contributed by atoms with Gasteiger partial charge in [-0.05, 0) is 37.8 Å². The number of carbonyl (C=O) groups is 3. The minimum Gasteiger partial charge on any atom is -0.465 e. The maximum Gasteiger partial charge on any atom is 0.407 e. The number of benzene rings is 2. The van der Waals surface area contributed by atoms with Crippen molar-refractivity contribution in [3.05, 3.63) is 70.8 Å². The maximum atomic E-state index is 12.8. The average Bonchev–Trinajstić information content (AvgIpc) is 3.22. The van der Waals surface area contributed by atoms with Crippen LogP contribution in [0.1, 0.15) is 22.3 Å². The van der Waals surface area contributed by atoms with Crippen LogP contribution in [-0.4, -0.2) is 54.1 Å². The van der Waals surface area contributed by atoms with Crippen LogP contribution in [0.3, 0.4) is 0 Å². The standard InChI is InChI=1S/C25H31N3O4/c1-17-3-7-19(8-4-17)11-13-26-23(29)21-15-28(25(31)32)16-22(21)24(30)27-14-12-20-9-5-18(2)6-10-20/h3-10,21-22H,11-16H2,1-2H3,(H,26,29)(H,27,30)(H,31,32). The smallest absolute Gasteiger partial charge is 0.407 e. The van der Waals surface area contributed by atoms with Crippen molar-refractivity contribution in [3.8, 4) is 0 Å². The third kappa shape index (κ3) is 6.33. The summed E-state index contributed by atoms with van der Waals surface area (Å²) >= 11 is 0. The molecule has 1 aliphatic rings. The number of carbonyl (C=O) groups excluding carboxylic acids is 2. The predicted molar refractivity (Wildman–Crippen MR) is 122 cm³/mol. The van der Waals surface area contributed by atoms with E-state index in [1.165, 1.54) is 11.1 Å². The molecule has 32 heavy (non-hydrogen) atoms. The van der Waals surface area contributed by atoms with Crippen LogP contribution < -0.4 is 10.6 Å². The molecule has 0 aromatic heterocycles. The van der Waals surface area contributed by atoms with Crippen molar-refractivity contribution in [2.45, 2.75) is 26.7 Å². The molecule has 1 saturated heterocycles. The Balaban J connectivity index is 1.53. The molecule has 0 radical (unpaired) electrons. The van der Waals surface area contributed by atoms with Gasteiger partial charge in [0.05, 0.1) is 11.8 Å². The molecule has 1 heterocycles. The molecular weight excluding hydrogens is 406 g/mol. The van der Waals surface area contributed by atoms with E-state index in [0.717, 1.165) is 16.0 Å². The van der Waals surface area contributed by atoms with Gasteiger partial charge in [-0.2, -0.15) is 0 Å². The van der Waals surface area contributed by atoms with Crippen molar-refractivity contribution in [1.29, 1.82) is 0 Å². The first-order chi connectivity index (χ1) is 15.3. The SMILES string of the molecule is Cc1ccc(CCNC(=O)C2CN(C(=O)O)CC2C(=O)NCCc2ccc(C)cc2)cc1. The van der Waals surface area contributed by atoms with E-state index < -0.39 is 17.9 Å². The summed E-state index contributed by atoms with van der Waals surface area (Å²) in [7, 11) is 0. The maximum absolute atomic E-state index is 12.8. The van der Waals surface area contributed by atoms with Gasteiger partial charge in [-0.3, -0.25) is 9.59 Å². The Kier molecular flexibility index (Phi) is 7.87. The number of nitrogens with one attached hydrogen (secondary N) is 2. The third-order valence-electron chi connectivity index (χ3n) is 5.93. The zero-order chi connectivity index (χ0) is 23.1. The minimum absolute atomic E-state index is 0.0295. The number of nitrogens with zero attached hydrogens (tertiary/aromatic N) is 1. The second-order valence-corrected chi connectivity index (χ2v) is 8.45. The van der Waals surface area contributed by atoms with E-state index in [4.69, 9.17) is 0 Å². The van der Waals surface area contributed by atoms with Crippen molar-refractivity contribution >= 4 is 17.9 Å². The van der Waals surface area contributed by atoms with E-state index in [0.29, 0.717) is 25.9 Å². The van der Waals surface area contributed by atoms with Gasteiger partial charge in [-0.1, -0.05) is 59.7 Å². The number of carboxylic acid groups (broad SMARTS) is 1. The molecule has 0 bridgehead atoms. The number of hydrogen-bond acceptors (Lipinski definition) is 3. The fourth-order valence-electron chi connectivity index (χ4n) is 3.92. The molecule has 2 aromatic rings. The number of likely N-dealkylation sites (tertiary alicyclic amines) is 1. The van der Waals surface area contributed by atoms with Gasteiger partial charge in [0.25, 0.3) is 0 Å². The highest BCUT2D eigenvalue weighted by Gasteiger charge is 2.43. The van der Waals surface area contributed by atoms with Crippen molar-refractivity contribution in [2.24, 2.45) is 11.8 Å². The lowest BCUT2D eigenvalue weighted by molar-refractivity contribution is -0.132. The monoisotopic (exact) mass is 437 g/mol. The van der Waals surface area contributed by atoms with E-state index in [1.807, 2.05) is 62.4 Å². The van der Waals surface area contributed by atoms with Crippen LogP contribution in [0.5, 0.6) is 0 Å². The van der Waals surface area contributed by atoms with Crippen LogP contribution in [0.15, 0.2) is 48.5 Å². The largest absolute Gasteiger partial charge is 0.465 e. The lowest BCUT2D eigenvalue weighted by Gasteiger charge is -2.17. The predicted octanol–water partition coefficient (Wildman–Crippen LogP) is 2.55. The second kappa shape index (κ2) is 10.8. The van der Waals surface area contributed by atoms with E-state index in [2.05, 4.69) is 10.6 Å². The zero-order valence-electron chi connectivity index (χ0n) is 18.6. The van der Waals surface area contributed by atoms with E-state index >= 15 is 0 Å². The normalized spacial score (nSPS) is 17.8. The molecule has 0 spiro atoms. The lowest BCUT2D eigenvalue weighted by atomic mass is 9.94. The summed E-state index contributed by atoms with van der Waals surface area (Å²) in [6.45, 7) is 4.97. The molecule has 1 fully saturated rings. The molecule has 2 atom stereocenters. The van der Waals surface area contributed by atoms with Gasteiger partial charge >= 0.3 is 6.09 Å². The topological polar surface area (TPSA) is 98.7 Å². The first kappa shape index (κ1) is 23.3. The number of rotatable bonds is 8. The van der Waals surface area contributed by atoms with Crippen molar-refractivity contribution in [1.82, 2.24) is 15.5 Å². The highest BCUT2D eigenvalue weighted by atomic mass is 16.4. The van der Waals surface area contributed by atoms with Crippen molar-refractivity contribution < 1.29 is 19.5 Å². The molecule has 170 valence electrons. The Bertz CT molecular complexity index is 869. The highest BCUT2D eigenvalue weighted by molar-refractivity contribution is 5.89. The molecule has 3 amide bonds. The minimum atomic E-state index is -1.11. The Morgan fingerprint density at radius 3 is 1.50 bits per heavy atom. The zero-order valence-corrected chi connectivity index (χ0v) is 18.6. The molecular formula is C25H31N3O4. The molecule has 0 saturated carbocycles. The van der Waals surface area contributed by atoms with Crippen LogP contribution in [0.25, 0.3) is 0 Å². The van der Waals surface area contributed by atoms with Gasteiger partial charge < -0.3 is 20.6 Å². The van der Waals surface area contributed by atoms with E-state index in [9.17, 15) is 19.5 Å². The highest BCUT2D eigenvalue weighted by Crippen LogP contribution is 2.24. The van der Waals surface area contributed by atoms with Crippen LogP contribution in [0.4, 0.5) is 4.79 Å². The summed E-state index contributed by atoms with van der Waals surface area (Å²) in [6, 6.07) is 16.2. The molecule has 2 unspecified atom stereocenters. The first-order valence-corrected chi connectivity index (χ1v) is 11.0. The van der Waals surface area contributed by atoms with Crippen molar-refractivity contribution in [2.75, 3.05) is 26.2 Å². The molecule has 0 aliphatic carbocycles. The molecule has 3 rings (SSSR count). The molecule has 1 aliphatic heterocycles. The summed E-state index contributed by atoms with van der Waals surface area (Å²) in [5, 5.41) is 15.1. The summed E-state index contributed by atoms with van der Waals surface area (Å²) in [5.41, 5.74) is 4.57. The van der Waals surface area contributed by atoms with Gasteiger partial charge in [-0.15, -0.1) is 0 Å². The summed E-state index contributed by atoms with van der Waals surface area (Å²) in [4.78, 5) is 38.2. The van der Waals surface area contributed by atoms with Crippen LogP contribution in [0, 0.1) is 25.7 Å². The number of hydrogen-bond donors (Lipinski definition) is 3. The molecule has 2 aromatic carbocycles. The third-order valence-corrected chi connectivity index (χ3v) is 5.93. The van der Waals surface area contributed by atoms with Crippen LogP contribution in [-0.2, 0) is 22.4 Å². The van der Waals surface area contributed by atoms with Crippen molar-refractivity contribution in [3.63, 3.8) is 0 Å². The Morgan fingerprint density at radius 1 is 0.781 bits per heavy atom. The fourth-order valence-corrected chi connectivity index (χ4v) is 3.92. The molecule has 3 N–H and O–H groups in total. The number of aryl methyl sites for hydroxylation is 2. The van der Waals surface area contributed by atoms with Gasteiger partial charge in [0.1, 0.15) is 0 Å². The lowest BCUT2D eigenvalue weighted by Crippen LogP contribution is -2.42. The van der Waals surface area contributed by atoms with Crippen LogP contribution >= 0.6 is 0 Å². The average molecular weight is 438 g/mol. The van der Waals surface area contributed by atoms with Gasteiger partial charge in [-0.25, -0.2) is 4.79 Å². The fraction of sp³-hybridized carbons (Fsp3) is 0.400. The van der Waals surface area contributed by atoms with Gasteiger partial charge in [0, 0.05) is 26.2 Å².